The van der Waals surface area contributed by atoms with E-state index in [1.807, 2.05) is 6.07 Å². The highest BCUT2D eigenvalue weighted by Crippen LogP contribution is 2.31. The summed E-state index contributed by atoms with van der Waals surface area (Å²) in [5, 5.41) is 0. The van der Waals surface area contributed by atoms with E-state index in [0.29, 0.717) is 5.92 Å². The average molecular weight is 415 g/mol. The lowest BCUT2D eigenvalue weighted by Gasteiger charge is -2.16. The molecule has 0 amide bonds. The number of aromatic nitrogens is 2. The quantitative estimate of drug-likeness (QED) is 0.341. The number of nitrogens with zero attached hydrogens (tertiary/aromatic N) is 2. The van der Waals surface area contributed by atoms with Gasteiger partial charge in [-0.05, 0) is 42.0 Å². The summed E-state index contributed by atoms with van der Waals surface area (Å²) in [4.78, 5) is 9.93. The van der Waals surface area contributed by atoms with E-state index in [-0.39, 0.29) is 0 Å². The van der Waals surface area contributed by atoms with Gasteiger partial charge in [-0.2, -0.15) is 0 Å². The predicted octanol–water partition coefficient (Wildman–Crippen LogP) is 7.77. The van der Waals surface area contributed by atoms with Gasteiger partial charge in [0.2, 0.25) is 0 Å². The molecule has 1 aliphatic carbocycles. The van der Waals surface area contributed by atoms with Gasteiger partial charge in [0.15, 0.2) is 5.82 Å². The highest BCUT2D eigenvalue weighted by atomic mass is 14.9. The fourth-order valence-corrected chi connectivity index (χ4v) is 4.09. The van der Waals surface area contributed by atoms with Gasteiger partial charge in [-0.15, -0.1) is 0 Å². The second kappa shape index (κ2) is 8.76. The van der Waals surface area contributed by atoms with Gasteiger partial charge in [-0.1, -0.05) is 110 Å². The van der Waals surface area contributed by atoms with E-state index >= 15 is 0 Å². The Morgan fingerprint density at radius 2 is 1.31 bits per heavy atom. The maximum absolute atomic E-state index is 4.99. The van der Waals surface area contributed by atoms with Gasteiger partial charge in [0.1, 0.15) is 0 Å². The van der Waals surface area contributed by atoms with Crippen LogP contribution in [0.15, 0.2) is 103 Å². The Morgan fingerprint density at radius 1 is 0.688 bits per heavy atom. The molecule has 0 saturated carbocycles. The van der Waals surface area contributed by atoms with E-state index in [0.717, 1.165) is 34.8 Å². The molecule has 2 heteroatoms. The van der Waals surface area contributed by atoms with Crippen molar-refractivity contribution >= 4 is 5.57 Å². The SMILES string of the molecule is Cc1ccc(-c2ccc(-c3nc(C4=CC=CC(C)C4)cc(-c4ccccc4)n3)cc2)cc1. The lowest BCUT2D eigenvalue weighted by Crippen LogP contribution is -2.02. The van der Waals surface area contributed by atoms with Crippen LogP contribution in [0, 0.1) is 12.8 Å². The molecule has 1 aromatic heterocycles. The first-order valence-corrected chi connectivity index (χ1v) is 11.2. The smallest absolute Gasteiger partial charge is 0.160 e. The third-order valence-electron chi connectivity index (χ3n) is 5.93. The van der Waals surface area contributed by atoms with E-state index in [1.165, 1.54) is 22.3 Å². The lowest BCUT2D eigenvalue weighted by atomic mass is 9.93. The molecule has 1 atom stereocenters. The van der Waals surface area contributed by atoms with E-state index in [2.05, 4.69) is 111 Å². The van der Waals surface area contributed by atoms with Crippen molar-refractivity contribution < 1.29 is 0 Å². The number of benzene rings is 3. The minimum Gasteiger partial charge on any atom is -0.228 e. The Morgan fingerprint density at radius 3 is 2.00 bits per heavy atom. The Labute approximate surface area is 190 Å². The fourth-order valence-electron chi connectivity index (χ4n) is 4.09. The molecular weight excluding hydrogens is 388 g/mol. The Bertz CT molecular complexity index is 1280. The first-order chi connectivity index (χ1) is 15.7. The Kier molecular flexibility index (Phi) is 5.51. The molecule has 0 fully saturated rings. The molecule has 1 aliphatic rings. The Balaban J connectivity index is 1.57. The summed E-state index contributed by atoms with van der Waals surface area (Å²) >= 11 is 0. The van der Waals surface area contributed by atoms with Crippen molar-refractivity contribution in [2.24, 2.45) is 5.92 Å². The zero-order chi connectivity index (χ0) is 21.9. The monoisotopic (exact) mass is 414 g/mol. The van der Waals surface area contributed by atoms with Crippen LogP contribution < -0.4 is 0 Å². The summed E-state index contributed by atoms with van der Waals surface area (Å²) in [6, 6.07) is 29.7. The first kappa shape index (κ1) is 20.1. The maximum atomic E-state index is 4.99. The second-order valence-electron chi connectivity index (χ2n) is 8.53. The van der Waals surface area contributed by atoms with Crippen molar-refractivity contribution in [3.8, 4) is 33.8 Å². The van der Waals surface area contributed by atoms with Crippen molar-refractivity contribution in [3.63, 3.8) is 0 Å². The topological polar surface area (TPSA) is 25.8 Å². The fraction of sp³-hybridized carbons (Fsp3) is 0.133. The molecule has 0 radical (unpaired) electrons. The molecule has 0 aliphatic heterocycles. The van der Waals surface area contributed by atoms with Gasteiger partial charge in [0.25, 0.3) is 0 Å². The number of hydrogen-bond acceptors (Lipinski definition) is 2. The van der Waals surface area contributed by atoms with E-state index < -0.39 is 0 Å². The van der Waals surface area contributed by atoms with Crippen molar-refractivity contribution in [2.45, 2.75) is 20.3 Å². The molecule has 2 nitrogen and oxygen atoms in total. The third-order valence-corrected chi connectivity index (χ3v) is 5.93. The molecular formula is C30H26N2. The van der Waals surface area contributed by atoms with Crippen LogP contribution in [0.1, 0.15) is 24.6 Å². The molecule has 3 aromatic carbocycles. The molecule has 1 unspecified atom stereocenters. The molecule has 0 N–H and O–H groups in total. The third kappa shape index (κ3) is 4.31. The lowest BCUT2D eigenvalue weighted by molar-refractivity contribution is 0.746. The van der Waals surface area contributed by atoms with Crippen LogP contribution >= 0.6 is 0 Å². The molecule has 156 valence electrons. The van der Waals surface area contributed by atoms with Crippen molar-refractivity contribution in [1.82, 2.24) is 9.97 Å². The zero-order valence-corrected chi connectivity index (χ0v) is 18.5. The van der Waals surface area contributed by atoms with Gasteiger partial charge >= 0.3 is 0 Å². The standard InChI is InChI=1S/C30H26N2/c1-21-11-13-23(14-12-21)24-15-17-26(18-16-24)30-31-28(25-8-4-3-5-9-25)20-29(32-30)27-10-6-7-22(2)19-27/h3-18,20,22H,19H2,1-2H3. The molecule has 4 aromatic rings. The highest BCUT2D eigenvalue weighted by molar-refractivity contribution is 5.74. The number of allylic oxidation sites excluding steroid dienone is 4. The number of rotatable bonds is 4. The summed E-state index contributed by atoms with van der Waals surface area (Å²) in [5.74, 6) is 1.28. The first-order valence-electron chi connectivity index (χ1n) is 11.2. The molecule has 0 spiro atoms. The van der Waals surface area contributed by atoms with Crippen LogP contribution in [0.2, 0.25) is 0 Å². The van der Waals surface area contributed by atoms with E-state index in [9.17, 15) is 0 Å². The highest BCUT2D eigenvalue weighted by Gasteiger charge is 2.15. The van der Waals surface area contributed by atoms with Crippen LogP contribution in [0.4, 0.5) is 0 Å². The number of aryl methyl sites for hydroxylation is 1. The minimum atomic E-state index is 0.516. The van der Waals surface area contributed by atoms with Crippen LogP contribution in [0.3, 0.4) is 0 Å². The number of hydrogen-bond donors (Lipinski definition) is 0. The Hall–Kier alpha value is -3.78. The summed E-state index contributed by atoms with van der Waals surface area (Å²) in [5.41, 5.74) is 9.04. The van der Waals surface area contributed by atoms with E-state index in [1.54, 1.807) is 0 Å². The minimum absolute atomic E-state index is 0.516. The summed E-state index contributed by atoms with van der Waals surface area (Å²) in [7, 11) is 0. The molecule has 1 heterocycles. The zero-order valence-electron chi connectivity index (χ0n) is 18.5. The van der Waals surface area contributed by atoms with Crippen LogP contribution in [-0.4, -0.2) is 9.97 Å². The summed E-state index contributed by atoms with van der Waals surface area (Å²) < 4.78 is 0. The van der Waals surface area contributed by atoms with Gasteiger partial charge in [-0.25, -0.2) is 9.97 Å². The van der Waals surface area contributed by atoms with Crippen LogP contribution in [0.5, 0.6) is 0 Å². The maximum Gasteiger partial charge on any atom is 0.160 e. The van der Waals surface area contributed by atoms with Crippen LogP contribution in [0.25, 0.3) is 39.3 Å². The average Bonchev–Trinajstić information content (AvgIpc) is 2.85. The van der Waals surface area contributed by atoms with Crippen LogP contribution in [-0.2, 0) is 0 Å². The molecule has 0 saturated heterocycles. The summed E-state index contributed by atoms with van der Waals surface area (Å²) in [6.07, 6.45) is 7.56. The van der Waals surface area contributed by atoms with Gasteiger partial charge in [0, 0.05) is 11.1 Å². The van der Waals surface area contributed by atoms with Gasteiger partial charge < -0.3 is 0 Å². The van der Waals surface area contributed by atoms with E-state index in [4.69, 9.17) is 9.97 Å². The molecule has 32 heavy (non-hydrogen) atoms. The molecule has 5 rings (SSSR count). The molecule has 0 bridgehead atoms. The van der Waals surface area contributed by atoms with Crippen molar-refractivity contribution in [3.05, 3.63) is 114 Å². The van der Waals surface area contributed by atoms with Crippen molar-refractivity contribution in [1.29, 1.82) is 0 Å². The summed E-state index contributed by atoms with van der Waals surface area (Å²) in [6.45, 7) is 4.35. The normalized spacial score (nSPS) is 15.4. The van der Waals surface area contributed by atoms with Gasteiger partial charge in [-0.3, -0.25) is 0 Å². The van der Waals surface area contributed by atoms with Gasteiger partial charge in [0.05, 0.1) is 11.4 Å². The van der Waals surface area contributed by atoms with Crippen molar-refractivity contribution in [2.75, 3.05) is 0 Å². The second-order valence-corrected chi connectivity index (χ2v) is 8.53. The largest absolute Gasteiger partial charge is 0.228 e. The predicted molar refractivity (Wildman–Crippen MR) is 134 cm³/mol.